The molecule has 1 heterocycles. The summed E-state index contributed by atoms with van der Waals surface area (Å²) >= 11 is 0. The van der Waals surface area contributed by atoms with Gasteiger partial charge in [0.15, 0.2) is 0 Å². The third-order valence-corrected chi connectivity index (χ3v) is 2.72. The van der Waals surface area contributed by atoms with Crippen molar-refractivity contribution in [1.82, 2.24) is 9.78 Å². The number of ketones is 1. The van der Waals surface area contributed by atoms with Crippen LogP contribution in [0.25, 0.3) is 0 Å². The molecule has 0 atom stereocenters. The maximum Gasteiger partial charge on any atom is 0.206 e. The van der Waals surface area contributed by atoms with Crippen LogP contribution in [0.1, 0.15) is 49.6 Å². The molecule has 3 nitrogen and oxygen atoms in total. The Morgan fingerprint density at radius 2 is 2.33 bits per heavy atom. The average molecular weight is 204 g/mol. The largest absolute Gasteiger partial charge is 0.287 e. The molecule has 0 aromatic carbocycles. The second kappa shape index (κ2) is 4.01. The monoisotopic (exact) mass is 204 g/mol. The second-order valence-electron chi connectivity index (χ2n) is 4.21. The van der Waals surface area contributed by atoms with Crippen molar-refractivity contribution in [1.29, 1.82) is 0 Å². The van der Waals surface area contributed by atoms with Crippen molar-refractivity contribution in [2.45, 2.75) is 39.2 Å². The number of Topliss-reactive ketones (excluding diaryl/α,β-unsaturated/α-hetero) is 1. The fourth-order valence-electron chi connectivity index (χ4n) is 1.95. The lowest BCUT2D eigenvalue weighted by atomic mass is 10.1. The Morgan fingerprint density at radius 3 is 2.93 bits per heavy atom. The first-order chi connectivity index (χ1) is 7.20. The van der Waals surface area contributed by atoms with E-state index in [1.54, 1.807) is 10.9 Å². The summed E-state index contributed by atoms with van der Waals surface area (Å²) in [5.74, 6) is 0.152. The zero-order valence-corrected chi connectivity index (χ0v) is 9.23. The molecule has 0 saturated carbocycles. The average Bonchev–Trinajstić information content (AvgIpc) is 2.88. The molecule has 0 N–H and O–H groups in total. The van der Waals surface area contributed by atoms with E-state index in [-0.39, 0.29) is 11.8 Å². The number of hydrogen-bond acceptors (Lipinski definition) is 2. The number of carbonyl (C=O) groups is 1. The quantitative estimate of drug-likeness (QED) is 0.709. The third kappa shape index (κ3) is 1.87. The number of allylic oxidation sites excluding steroid dienone is 2. The molecule has 0 radical (unpaired) electrons. The van der Waals surface area contributed by atoms with Crippen LogP contribution >= 0.6 is 0 Å². The minimum Gasteiger partial charge on any atom is -0.287 e. The highest BCUT2D eigenvalue weighted by molar-refractivity contribution is 6.07. The van der Waals surface area contributed by atoms with Gasteiger partial charge in [0.2, 0.25) is 5.78 Å². The Balaban J connectivity index is 2.29. The van der Waals surface area contributed by atoms with Crippen LogP contribution in [0.4, 0.5) is 0 Å². The normalized spacial score (nSPS) is 15.8. The highest BCUT2D eigenvalue weighted by Gasteiger charge is 2.19. The predicted molar refractivity (Wildman–Crippen MR) is 58.9 cm³/mol. The van der Waals surface area contributed by atoms with Crippen molar-refractivity contribution in [3.63, 3.8) is 0 Å². The van der Waals surface area contributed by atoms with Crippen LogP contribution in [0.5, 0.6) is 0 Å². The molecule has 0 fully saturated rings. The van der Waals surface area contributed by atoms with E-state index in [0.29, 0.717) is 0 Å². The van der Waals surface area contributed by atoms with Crippen LogP contribution < -0.4 is 0 Å². The molecule has 15 heavy (non-hydrogen) atoms. The van der Waals surface area contributed by atoms with E-state index >= 15 is 0 Å². The summed E-state index contributed by atoms with van der Waals surface area (Å²) in [4.78, 5) is 12.1. The van der Waals surface area contributed by atoms with Gasteiger partial charge >= 0.3 is 0 Å². The summed E-state index contributed by atoms with van der Waals surface area (Å²) < 4.78 is 1.79. The lowest BCUT2D eigenvalue weighted by molar-refractivity contribution is 0.102. The molecule has 0 bridgehead atoms. The molecule has 3 heteroatoms. The van der Waals surface area contributed by atoms with Crippen molar-refractivity contribution in [2.24, 2.45) is 0 Å². The number of nitrogens with zero attached hydrogens (tertiary/aromatic N) is 2. The Morgan fingerprint density at radius 1 is 1.53 bits per heavy atom. The Hall–Kier alpha value is -1.38. The van der Waals surface area contributed by atoms with Crippen molar-refractivity contribution in [3.05, 3.63) is 29.6 Å². The van der Waals surface area contributed by atoms with E-state index in [1.807, 2.05) is 19.9 Å². The fraction of sp³-hybridized carbons (Fsp3) is 0.500. The van der Waals surface area contributed by atoms with Gasteiger partial charge in [-0.05, 0) is 44.7 Å². The maximum absolute atomic E-state index is 12.1. The first kappa shape index (κ1) is 10.1. The van der Waals surface area contributed by atoms with Crippen LogP contribution in [0.2, 0.25) is 0 Å². The van der Waals surface area contributed by atoms with Crippen LogP contribution in [-0.4, -0.2) is 15.6 Å². The molecule has 0 amide bonds. The van der Waals surface area contributed by atoms with Gasteiger partial charge in [-0.15, -0.1) is 0 Å². The van der Waals surface area contributed by atoms with Crippen molar-refractivity contribution < 1.29 is 4.79 Å². The zero-order valence-electron chi connectivity index (χ0n) is 9.23. The Bertz CT molecular complexity index is 402. The second-order valence-corrected chi connectivity index (χ2v) is 4.21. The van der Waals surface area contributed by atoms with Gasteiger partial charge in [-0.1, -0.05) is 6.08 Å². The third-order valence-electron chi connectivity index (χ3n) is 2.72. The summed E-state index contributed by atoms with van der Waals surface area (Å²) in [6, 6.07) is 2.04. The number of rotatable bonds is 3. The molecule has 0 spiro atoms. The highest BCUT2D eigenvalue weighted by atomic mass is 16.1. The standard InChI is InChI=1S/C12H16N2O/c1-9(2)14-11(7-8-13-14)12(15)10-5-3-4-6-10/h5,7-9H,3-4,6H2,1-2H3. The van der Waals surface area contributed by atoms with E-state index in [4.69, 9.17) is 0 Å². The van der Waals surface area contributed by atoms with E-state index < -0.39 is 0 Å². The van der Waals surface area contributed by atoms with Crippen LogP contribution in [0.3, 0.4) is 0 Å². The van der Waals surface area contributed by atoms with Gasteiger partial charge in [-0.2, -0.15) is 5.10 Å². The maximum atomic E-state index is 12.1. The van der Waals surface area contributed by atoms with Gasteiger partial charge in [0, 0.05) is 12.2 Å². The van der Waals surface area contributed by atoms with Crippen molar-refractivity contribution >= 4 is 5.78 Å². The first-order valence-corrected chi connectivity index (χ1v) is 5.47. The van der Waals surface area contributed by atoms with E-state index in [9.17, 15) is 4.79 Å². The molecule has 80 valence electrons. The lowest BCUT2D eigenvalue weighted by Gasteiger charge is -2.10. The topological polar surface area (TPSA) is 34.9 Å². The molecule has 1 aliphatic rings. The molecule has 0 aliphatic heterocycles. The smallest absolute Gasteiger partial charge is 0.206 e. The predicted octanol–water partition coefficient (Wildman–Crippen LogP) is 2.76. The van der Waals surface area contributed by atoms with Crippen LogP contribution in [-0.2, 0) is 0 Å². The fourth-order valence-corrected chi connectivity index (χ4v) is 1.95. The van der Waals surface area contributed by atoms with E-state index in [1.165, 1.54) is 0 Å². The van der Waals surface area contributed by atoms with Crippen LogP contribution in [0, 0.1) is 0 Å². The SMILES string of the molecule is CC(C)n1nccc1C(=O)C1=CCCC1. The molecule has 0 unspecified atom stereocenters. The molecular formula is C12H16N2O. The van der Waals surface area contributed by atoms with Gasteiger partial charge in [0.05, 0.1) is 0 Å². The van der Waals surface area contributed by atoms with Crippen molar-refractivity contribution in [3.8, 4) is 0 Å². The summed E-state index contributed by atoms with van der Waals surface area (Å²) in [7, 11) is 0. The number of hydrogen-bond donors (Lipinski definition) is 0. The summed E-state index contributed by atoms with van der Waals surface area (Å²) in [5.41, 5.74) is 1.68. The number of carbonyl (C=O) groups excluding carboxylic acids is 1. The molecule has 1 aliphatic carbocycles. The molecule has 1 aromatic heterocycles. The van der Waals surface area contributed by atoms with Crippen molar-refractivity contribution in [2.75, 3.05) is 0 Å². The number of aromatic nitrogens is 2. The van der Waals surface area contributed by atoms with Gasteiger partial charge < -0.3 is 0 Å². The van der Waals surface area contributed by atoms with E-state index in [0.717, 1.165) is 30.5 Å². The minimum atomic E-state index is 0.152. The van der Waals surface area contributed by atoms with Gasteiger partial charge in [-0.25, -0.2) is 0 Å². The first-order valence-electron chi connectivity index (χ1n) is 5.47. The molecule has 1 aromatic rings. The zero-order chi connectivity index (χ0) is 10.8. The highest BCUT2D eigenvalue weighted by Crippen LogP contribution is 2.22. The summed E-state index contributed by atoms with van der Waals surface area (Å²) in [6.07, 6.45) is 6.82. The van der Waals surface area contributed by atoms with E-state index in [2.05, 4.69) is 11.2 Å². The van der Waals surface area contributed by atoms with Gasteiger partial charge in [0.1, 0.15) is 5.69 Å². The minimum absolute atomic E-state index is 0.152. The lowest BCUT2D eigenvalue weighted by Crippen LogP contribution is -2.13. The molecular weight excluding hydrogens is 188 g/mol. The Labute approximate surface area is 89.8 Å². The van der Waals surface area contributed by atoms with Gasteiger partial charge in [0.25, 0.3) is 0 Å². The Kier molecular flexibility index (Phi) is 2.71. The molecule has 0 saturated heterocycles. The van der Waals surface area contributed by atoms with Crippen LogP contribution in [0.15, 0.2) is 23.9 Å². The molecule has 2 rings (SSSR count). The van der Waals surface area contributed by atoms with Gasteiger partial charge in [-0.3, -0.25) is 9.48 Å². The summed E-state index contributed by atoms with van der Waals surface area (Å²) in [6.45, 7) is 4.07. The summed E-state index contributed by atoms with van der Waals surface area (Å²) in [5, 5.41) is 4.18.